The third-order valence-corrected chi connectivity index (χ3v) is 6.13. The standard InChI is InChI=1S/C25H21N5O2S/c31-24(32)18-6-8-19(9-7-18)29-15-3-5-21(29)23-22(20-4-1-2-12-27-20)28-25(33)30(23)16-17-10-13-26-14-11-17/h1-15,22-23H,16H2,(H,28,33)(H,31,32)/t22-,23+/m0/s1. The lowest BCUT2D eigenvalue weighted by atomic mass is 10.0. The number of aromatic carboxylic acids is 1. The monoisotopic (exact) mass is 455 g/mol. The second kappa shape index (κ2) is 8.84. The highest BCUT2D eigenvalue weighted by molar-refractivity contribution is 7.80. The molecule has 0 radical (unpaired) electrons. The van der Waals surface area contributed by atoms with Crippen molar-refractivity contribution >= 4 is 23.3 Å². The Kier molecular flexibility index (Phi) is 5.58. The van der Waals surface area contributed by atoms with Gasteiger partial charge in [0.1, 0.15) is 0 Å². The van der Waals surface area contributed by atoms with Crippen LogP contribution in [0.5, 0.6) is 0 Å². The third-order valence-electron chi connectivity index (χ3n) is 5.78. The Hall–Kier alpha value is -4.04. The molecule has 4 heterocycles. The zero-order chi connectivity index (χ0) is 22.8. The van der Waals surface area contributed by atoms with Crippen molar-refractivity contribution in [1.82, 2.24) is 24.8 Å². The van der Waals surface area contributed by atoms with Crippen molar-refractivity contribution in [2.45, 2.75) is 18.6 Å². The number of aromatic nitrogens is 3. The van der Waals surface area contributed by atoms with E-state index in [1.54, 1.807) is 30.7 Å². The van der Waals surface area contributed by atoms with Crippen molar-refractivity contribution < 1.29 is 9.90 Å². The number of nitrogens with one attached hydrogen (secondary N) is 1. The Morgan fingerprint density at radius 2 is 1.79 bits per heavy atom. The summed E-state index contributed by atoms with van der Waals surface area (Å²) in [5, 5.41) is 13.4. The number of benzene rings is 1. The molecule has 0 bridgehead atoms. The number of thiocarbonyl (C=S) groups is 1. The number of hydrogen-bond acceptors (Lipinski definition) is 4. The first-order valence-corrected chi connectivity index (χ1v) is 10.9. The highest BCUT2D eigenvalue weighted by Gasteiger charge is 2.41. The molecule has 164 valence electrons. The summed E-state index contributed by atoms with van der Waals surface area (Å²) in [5.41, 5.74) is 4.15. The van der Waals surface area contributed by atoms with Crippen LogP contribution in [0.3, 0.4) is 0 Å². The Balaban J connectivity index is 1.58. The van der Waals surface area contributed by atoms with Crippen LogP contribution in [0.4, 0.5) is 0 Å². The lowest BCUT2D eigenvalue weighted by Crippen LogP contribution is -2.30. The van der Waals surface area contributed by atoms with E-state index in [-0.39, 0.29) is 17.6 Å². The van der Waals surface area contributed by atoms with E-state index in [1.807, 2.05) is 54.7 Å². The summed E-state index contributed by atoms with van der Waals surface area (Å²) in [7, 11) is 0. The molecule has 2 N–H and O–H groups in total. The summed E-state index contributed by atoms with van der Waals surface area (Å²) in [6.07, 6.45) is 7.32. The molecule has 0 unspecified atom stereocenters. The van der Waals surface area contributed by atoms with Crippen LogP contribution in [0.2, 0.25) is 0 Å². The van der Waals surface area contributed by atoms with Crippen molar-refractivity contribution in [3.05, 3.63) is 114 Å². The van der Waals surface area contributed by atoms with Crippen molar-refractivity contribution in [3.63, 3.8) is 0 Å². The average molecular weight is 456 g/mol. The van der Waals surface area contributed by atoms with Crippen LogP contribution in [0.1, 0.15) is 39.4 Å². The van der Waals surface area contributed by atoms with Crippen LogP contribution < -0.4 is 5.32 Å². The van der Waals surface area contributed by atoms with Gasteiger partial charge in [-0.3, -0.25) is 9.97 Å². The SMILES string of the molecule is O=C(O)c1ccc(-n2cccc2[C@@H]2[C@H](c3ccccn3)NC(=S)N2Cc2ccncc2)cc1. The van der Waals surface area contributed by atoms with Gasteiger partial charge in [0, 0.05) is 42.7 Å². The Bertz CT molecular complexity index is 1280. The van der Waals surface area contributed by atoms with Gasteiger partial charge in [0.05, 0.1) is 23.3 Å². The molecule has 0 amide bonds. The lowest BCUT2D eigenvalue weighted by Gasteiger charge is -2.29. The molecule has 33 heavy (non-hydrogen) atoms. The number of hydrogen-bond donors (Lipinski definition) is 2. The number of pyridine rings is 2. The molecule has 3 aromatic heterocycles. The van der Waals surface area contributed by atoms with Gasteiger partial charge < -0.3 is 19.9 Å². The molecule has 1 fully saturated rings. The molecule has 8 heteroatoms. The van der Waals surface area contributed by atoms with Gasteiger partial charge in [-0.15, -0.1) is 0 Å². The third kappa shape index (κ3) is 4.08. The number of carboxylic acid groups (broad SMARTS) is 1. The molecule has 5 rings (SSSR count). The molecule has 7 nitrogen and oxygen atoms in total. The van der Waals surface area contributed by atoms with Gasteiger partial charge in [-0.25, -0.2) is 4.79 Å². The number of rotatable bonds is 6. The van der Waals surface area contributed by atoms with Crippen LogP contribution in [0, 0.1) is 0 Å². The van der Waals surface area contributed by atoms with Crippen molar-refractivity contribution in [2.75, 3.05) is 0 Å². The van der Waals surface area contributed by atoms with Gasteiger partial charge in [-0.05, 0) is 78.4 Å². The summed E-state index contributed by atoms with van der Waals surface area (Å²) in [5.74, 6) is -0.946. The van der Waals surface area contributed by atoms with Gasteiger partial charge in [0.25, 0.3) is 0 Å². The first-order valence-electron chi connectivity index (χ1n) is 10.5. The Morgan fingerprint density at radius 1 is 1.00 bits per heavy atom. The highest BCUT2D eigenvalue weighted by atomic mass is 32.1. The molecule has 0 saturated carbocycles. The zero-order valence-electron chi connectivity index (χ0n) is 17.6. The van der Waals surface area contributed by atoms with Crippen LogP contribution in [-0.4, -0.2) is 35.6 Å². The van der Waals surface area contributed by atoms with Crippen LogP contribution >= 0.6 is 12.2 Å². The van der Waals surface area contributed by atoms with Gasteiger partial charge in [-0.1, -0.05) is 6.07 Å². The quantitative estimate of drug-likeness (QED) is 0.423. The topological polar surface area (TPSA) is 83.3 Å². The fourth-order valence-corrected chi connectivity index (χ4v) is 4.52. The van der Waals surface area contributed by atoms with E-state index >= 15 is 0 Å². The van der Waals surface area contributed by atoms with Crippen molar-refractivity contribution in [3.8, 4) is 5.69 Å². The largest absolute Gasteiger partial charge is 0.478 e. The smallest absolute Gasteiger partial charge is 0.335 e. The van der Waals surface area contributed by atoms with Crippen molar-refractivity contribution in [2.24, 2.45) is 0 Å². The van der Waals surface area contributed by atoms with Gasteiger partial charge in [0.15, 0.2) is 5.11 Å². The van der Waals surface area contributed by atoms with E-state index in [0.717, 1.165) is 22.6 Å². The molecule has 1 aliphatic rings. The molecule has 1 aromatic carbocycles. The normalized spacial score (nSPS) is 17.7. The van der Waals surface area contributed by atoms with E-state index in [4.69, 9.17) is 12.2 Å². The van der Waals surface area contributed by atoms with Crippen molar-refractivity contribution in [1.29, 1.82) is 0 Å². The summed E-state index contributed by atoms with van der Waals surface area (Å²) in [6.45, 7) is 0.617. The van der Waals surface area contributed by atoms with E-state index in [2.05, 4.69) is 30.8 Å². The summed E-state index contributed by atoms with van der Waals surface area (Å²) in [4.78, 5) is 22.2. The maximum atomic E-state index is 11.3. The van der Waals surface area contributed by atoms with E-state index in [0.29, 0.717) is 11.7 Å². The van der Waals surface area contributed by atoms with Crippen LogP contribution in [-0.2, 0) is 6.54 Å². The minimum absolute atomic E-state index is 0.130. The molecule has 1 saturated heterocycles. The molecule has 0 spiro atoms. The molecule has 1 aliphatic heterocycles. The summed E-state index contributed by atoms with van der Waals surface area (Å²) < 4.78 is 2.07. The number of carbonyl (C=O) groups is 1. The van der Waals surface area contributed by atoms with E-state index < -0.39 is 5.97 Å². The lowest BCUT2D eigenvalue weighted by molar-refractivity contribution is 0.0697. The average Bonchev–Trinajstić information content (AvgIpc) is 3.45. The minimum atomic E-state index is -0.946. The molecular weight excluding hydrogens is 434 g/mol. The molecular formula is C25H21N5O2S. The van der Waals surface area contributed by atoms with Gasteiger partial charge in [-0.2, -0.15) is 0 Å². The molecule has 2 atom stereocenters. The first kappa shape index (κ1) is 20.8. The van der Waals surface area contributed by atoms with E-state index in [9.17, 15) is 9.90 Å². The van der Waals surface area contributed by atoms with E-state index in [1.165, 1.54) is 0 Å². The maximum Gasteiger partial charge on any atom is 0.335 e. The molecule has 4 aromatic rings. The van der Waals surface area contributed by atoms with Gasteiger partial charge >= 0.3 is 5.97 Å². The predicted octanol–water partition coefficient (Wildman–Crippen LogP) is 4.14. The number of carboxylic acids is 1. The predicted molar refractivity (Wildman–Crippen MR) is 128 cm³/mol. The second-order valence-electron chi connectivity index (χ2n) is 7.77. The molecule has 0 aliphatic carbocycles. The maximum absolute atomic E-state index is 11.3. The van der Waals surface area contributed by atoms with Gasteiger partial charge in [0.2, 0.25) is 0 Å². The fourth-order valence-electron chi connectivity index (χ4n) is 4.22. The highest BCUT2D eigenvalue weighted by Crippen LogP contribution is 2.40. The summed E-state index contributed by atoms with van der Waals surface area (Å²) >= 11 is 5.77. The fraction of sp³-hybridized carbons (Fsp3) is 0.120. The number of nitrogens with zero attached hydrogens (tertiary/aromatic N) is 4. The second-order valence-corrected chi connectivity index (χ2v) is 8.15. The van der Waals surface area contributed by atoms with Crippen LogP contribution in [0.25, 0.3) is 5.69 Å². The first-order chi connectivity index (χ1) is 16.1. The minimum Gasteiger partial charge on any atom is -0.478 e. The zero-order valence-corrected chi connectivity index (χ0v) is 18.4. The Morgan fingerprint density at radius 3 is 2.48 bits per heavy atom. The Labute approximate surface area is 196 Å². The summed E-state index contributed by atoms with van der Waals surface area (Å²) in [6, 6.07) is 20.5. The van der Waals surface area contributed by atoms with Crippen LogP contribution in [0.15, 0.2) is 91.5 Å².